The molecule has 4 nitrogen and oxygen atoms in total. The van der Waals surface area contributed by atoms with E-state index in [2.05, 4.69) is 54.7 Å². The van der Waals surface area contributed by atoms with E-state index in [9.17, 15) is 9.59 Å². The minimum Gasteiger partial charge on any atom is -0.352 e. The maximum Gasteiger partial charge on any atom is 0.227 e. The Hall–Kier alpha value is -3.14. The minimum atomic E-state index is -0.139. The van der Waals surface area contributed by atoms with Crippen LogP contribution in [0.5, 0.6) is 0 Å². The van der Waals surface area contributed by atoms with E-state index >= 15 is 0 Å². The number of hydrogen-bond donors (Lipinski definition) is 1. The molecule has 3 aromatic carbocycles. The lowest BCUT2D eigenvalue weighted by atomic mass is 9.95. The van der Waals surface area contributed by atoms with Crippen molar-refractivity contribution in [1.29, 1.82) is 0 Å². The molecule has 4 rings (SSSR count). The normalized spacial score (nSPS) is 16.3. The summed E-state index contributed by atoms with van der Waals surface area (Å²) in [6.45, 7) is 3.90. The number of nitrogens with one attached hydrogen (secondary N) is 1. The van der Waals surface area contributed by atoms with Gasteiger partial charge in [0.15, 0.2) is 0 Å². The second-order valence-electron chi connectivity index (χ2n) is 8.38. The maximum atomic E-state index is 13.0. The van der Waals surface area contributed by atoms with E-state index in [0.717, 1.165) is 47.7 Å². The Bertz CT molecular complexity index is 1050. The summed E-state index contributed by atoms with van der Waals surface area (Å²) in [6, 6.07) is 22.6. The van der Waals surface area contributed by atoms with Crippen LogP contribution in [0.1, 0.15) is 36.5 Å². The van der Waals surface area contributed by atoms with E-state index in [-0.39, 0.29) is 17.7 Å². The first-order valence-corrected chi connectivity index (χ1v) is 11.2. The Balaban J connectivity index is 1.34. The number of hydrogen-bond acceptors (Lipinski definition) is 2. The van der Waals surface area contributed by atoms with Gasteiger partial charge in [-0.1, -0.05) is 73.7 Å². The molecule has 1 aliphatic rings. The van der Waals surface area contributed by atoms with Crippen molar-refractivity contribution in [2.75, 3.05) is 13.1 Å². The standard InChI is InChI=1S/C27H30N2O2/c1-2-20-12-14-21(15-13-20)18-28-27(31)24-10-6-16-29(19-24)26(30)17-23-9-5-8-22-7-3-4-11-25(22)23/h3-5,7-9,11-15,24H,2,6,10,16-19H2,1H3,(H,28,31)/t24-/m0/s1. The molecule has 0 radical (unpaired) electrons. The van der Waals surface area contributed by atoms with Crippen molar-refractivity contribution in [1.82, 2.24) is 10.2 Å². The third-order valence-corrected chi connectivity index (χ3v) is 6.26. The molecule has 160 valence electrons. The van der Waals surface area contributed by atoms with Crippen molar-refractivity contribution >= 4 is 22.6 Å². The van der Waals surface area contributed by atoms with Crippen LogP contribution in [0.3, 0.4) is 0 Å². The van der Waals surface area contributed by atoms with E-state index in [1.54, 1.807) is 0 Å². The fourth-order valence-corrected chi connectivity index (χ4v) is 4.37. The zero-order chi connectivity index (χ0) is 21.6. The first-order valence-electron chi connectivity index (χ1n) is 11.2. The molecule has 1 heterocycles. The minimum absolute atomic E-state index is 0.0437. The fourth-order valence-electron chi connectivity index (χ4n) is 4.37. The molecule has 3 aromatic rings. The Kier molecular flexibility index (Phi) is 6.66. The molecule has 1 aliphatic heterocycles. The number of likely N-dealkylation sites (tertiary alicyclic amines) is 1. The molecule has 1 fully saturated rings. The Morgan fingerprint density at radius 1 is 0.968 bits per heavy atom. The van der Waals surface area contributed by atoms with Gasteiger partial charge in [-0.25, -0.2) is 0 Å². The zero-order valence-electron chi connectivity index (χ0n) is 18.1. The summed E-state index contributed by atoms with van der Waals surface area (Å²) in [6.07, 6.45) is 3.08. The zero-order valence-corrected chi connectivity index (χ0v) is 18.1. The molecule has 2 amide bonds. The summed E-state index contributed by atoms with van der Waals surface area (Å²) >= 11 is 0. The molecule has 1 N–H and O–H groups in total. The van der Waals surface area contributed by atoms with E-state index in [0.29, 0.717) is 19.5 Å². The molecule has 1 saturated heterocycles. The van der Waals surface area contributed by atoms with Crippen molar-refractivity contribution in [3.63, 3.8) is 0 Å². The SMILES string of the molecule is CCc1ccc(CNC(=O)[C@H]2CCCN(C(=O)Cc3cccc4ccccc34)C2)cc1. The highest BCUT2D eigenvalue weighted by atomic mass is 16.2. The highest BCUT2D eigenvalue weighted by molar-refractivity contribution is 5.90. The number of piperidine rings is 1. The number of aryl methyl sites for hydroxylation is 1. The second kappa shape index (κ2) is 9.78. The molecular formula is C27H30N2O2. The number of rotatable bonds is 6. The topological polar surface area (TPSA) is 49.4 Å². The molecule has 0 saturated carbocycles. The molecule has 1 atom stereocenters. The number of benzene rings is 3. The lowest BCUT2D eigenvalue weighted by Crippen LogP contribution is -2.45. The van der Waals surface area contributed by atoms with Crippen LogP contribution in [0, 0.1) is 5.92 Å². The van der Waals surface area contributed by atoms with E-state index in [1.165, 1.54) is 5.56 Å². The van der Waals surface area contributed by atoms with Gasteiger partial charge in [-0.05, 0) is 46.7 Å². The van der Waals surface area contributed by atoms with Gasteiger partial charge in [-0.2, -0.15) is 0 Å². The highest BCUT2D eigenvalue weighted by Gasteiger charge is 2.28. The summed E-state index contributed by atoms with van der Waals surface area (Å²) in [4.78, 5) is 27.6. The summed E-state index contributed by atoms with van der Waals surface area (Å²) in [7, 11) is 0. The fraction of sp³-hybridized carbons (Fsp3) is 0.333. The maximum absolute atomic E-state index is 13.0. The predicted octanol–water partition coefficient (Wildman–Crippen LogP) is 4.50. The predicted molar refractivity (Wildman–Crippen MR) is 125 cm³/mol. The first kappa shape index (κ1) is 21.1. The van der Waals surface area contributed by atoms with Crippen LogP contribution < -0.4 is 5.32 Å². The Morgan fingerprint density at radius 2 is 1.71 bits per heavy atom. The van der Waals surface area contributed by atoms with Gasteiger partial charge in [-0.3, -0.25) is 9.59 Å². The molecule has 4 heteroatoms. The largest absolute Gasteiger partial charge is 0.352 e. The third-order valence-electron chi connectivity index (χ3n) is 6.26. The van der Waals surface area contributed by atoms with Gasteiger partial charge in [0.1, 0.15) is 0 Å². The summed E-state index contributed by atoms with van der Waals surface area (Å²) in [5, 5.41) is 5.34. The van der Waals surface area contributed by atoms with Crippen LogP contribution in [-0.2, 0) is 29.0 Å². The molecule has 0 bridgehead atoms. The van der Waals surface area contributed by atoms with Gasteiger partial charge in [0.05, 0.1) is 12.3 Å². The number of carbonyl (C=O) groups excluding carboxylic acids is 2. The van der Waals surface area contributed by atoms with Crippen LogP contribution in [0.4, 0.5) is 0 Å². The second-order valence-corrected chi connectivity index (χ2v) is 8.38. The summed E-state index contributed by atoms with van der Waals surface area (Å²) in [5.74, 6) is 0.00590. The Morgan fingerprint density at radius 3 is 2.52 bits per heavy atom. The molecule has 0 spiro atoms. The average Bonchev–Trinajstić information content (AvgIpc) is 2.83. The third kappa shape index (κ3) is 5.13. The lowest BCUT2D eigenvalue weighted by molar-refractivity contribution is -0.135. The number of fused-ring (bicyclic) bond motifs is 1. The average molecular weight is 415 g/mol. The first-order chi connectivity index (χ1) is 15.1. The van der Waals surface area contributed by atoms with Gasteiger partial charge >= 0.3 is 0 Å². The van der Waals surface area contributed by atoms with Crippen LogP contribution in [-0.4, -0.2) is 29.8 Å². The van der Waals surface area contributed by atoms with Gasteiger partial charge in [0, 0.05) is 19.6 Å². The van der Waals surface area contributed by atoms with E-state index < -0.39 is 0 Å². The van der Waals surface area contributed by atoms with E-state index in [1.807, 2.05) is 29.2 Å². The van der Waals surface area contributed by atoms with Crippen molar-refractivity contribution in [2.24, 2.45) is 5.92 Å². The van der Waals surface area contributed by atoms with Crippen LogP contribution in [0.15, 0.2) is 66.7 Å². The number of carbonyl (C=O) groups is 2. The van der Waals surface area contributed by atoms with Crippen LogP contribution >= 0.6 is 0 Å². The summed E-state index contributed by atoms with van der Waals surface area (Å²) < 4.78 is 0. The van der Waals surface area contributed by atoms with Crippen molar-refractivity contribution in [3.05, 3.63) is 83.4 Å². The Labute approximate surface area is 184 Å². The lowest BCUT2D eigenvalue weighted by Gasteiger charge is -2.32. The van der Waals surface area contributed by atoms with Gasteiger partial charge in [0.25, 0.3) is 0 Å². The van der Waals surface area contributed by atoms with Gasteiger partial charge in [-0.15, -0.1) is 0 Å². The molecule has 0 unspecified atom stereocenters. The smallest absolute Gasteiger partial charge is 0.227 e. The molecule has 0 aromatic heterocycles. The van der Waals surface area contributed by atoms with Crippen LogP contribution in [0.25, 0.3) is 10.8 Å². The van der Waals surface area contributed by atoms with Gasteiger partial charge < -0.3 is 10.2 Å². The number of nitrogens with zero attached hydrogens (tertiary/aromatic N) is 1. The summed E-state index contributed by atoms with van der Waals surface area (Å²) in [5.41, 5.74) is 3.44. The van der Waals surface area contributed by atoms with Crippen molar-refractivity contribution in [3.8, 4) is 0 Å². The van der Waals surface area contributed by atoms with E-state index in [4.69, 9.17) is 0 Å². The molecule has 0 aliphatic carbocycles. The number of amides is 2. The monoisotopic (exact) mass is 414 g/mol. The molecule has 31 heavy (non-hydrogen) atoms. The van der Waals surface area contributed by atoms with Gasteiger partial charge in [0.2, 0.25) is 11.8 Å². The highest BCUT2D eigenvalue weighted by Crippen LogP contribution is 2.22. The van der Waals surface area contributed by atoms with Crippen molar-refractivity contribution in [2.45, 2.75) is 39.2 Å². The van der Waals surface area contributed by atoms with Crippen LogP contribution in [0.2, 0.25) is 0 Å². The van der Waals surface area contributed by atoms with Crippen molar-refractivity contribution < 1.29 is 9.59 Å². The quantitative estimate of drug-likeness (QED) is 0.646. The molecular weight excluding hydrogens is 384 g/mol.